The van der Waals surface area contributed by atoms with Crippen LogP contribution < -0.4 is 5.56 Å². The Kier molecular flexibility index (Phi) is 5.56. The maximum atomic E-state index is 12.8. The molecule has 1 aromatic heterocycles. The Morgan fingerprint density at radius 2 is 2.04 bits per heavy atom. The fourth-order valence-electron chi connectivity index (χ4n) is 2.42. The Morgan fingerprint density at radius 3 is 2.74 bits per heavy atom. The number of aromatic nitrogens is 2. The summed E-state index contributed by atoms with van der Waals surface area (Å²) in [5, 5.41) is 12.7. The van der Waals surface area contributed by atoms with Crippen molar-refractivity contribution in [2.75, 3.05) is 6.61 Å². The fourth-order valence-corrected chi connectivity index (χ4v) is 2.77. The first-order chi connectivity index (χ1) is 13.0. The fraction of sp³-hybridized carbons (Fsp3) is 0.105. The minimum absolute atomic E-state index is 0.0102. The van der Waals surface area contributed by atoms with Crippen LogP contribution in [0.1, 0.15) is 23.0 Å². The number of carbonyl (C=O) groups is 1. The molecular weight excluding hydrogens is 414 g/mol. The van der Waals surface area contributed by atoms with Gasteiger partial charge in [-0.05, 0) is 37.3 Å². The number of hydrogen-bond acceptors (Lipinski definition) is 5. The molecule has 0 unspecified atom stereocenters. The van der Waals surface area contributed by atoms with Crippen LogP contribution in [-0.4, -0.2) is 33.7 Å². The van der Waals surface area contributed by atoms with E-state index in [0.717, 1.165) is 0 Å². The van der Waals surface area contributed by atoms with Crippen LogP contribution in [0.2, 0.25) is 0 Å². The average Bonchev–Trinajstić information content (AvgIpc) is 3.00. The van der Waals surface area contributed by atoms with Gasteiger partial charge in [0.1, 0.15) is 11.4 Å². The third-order valence-electron chi connectivity index (χ3n) is 3.69. The molecule has 27 heavy (non-hydrogen) atoms. The highest BCUT2D eigenvalue weighted by Gasteiger charge is 2.21. The molecule has 0 fully saturated rings. The van der Waals surface area contributed by atoms with Crippen LogP contribution in [0.25, 0.3) is 5.69 Å². The van der Waals surface area contributed by atoms with Gasteiger partial charge in [0.25, 0.3) is 5.56 Å². The molecule has 3 rings (SSSR count). The van der Waals surface area contributed by atoms with Gasteiger partial charge in [-0.1, -0.05) is 34.1 Å². The Morgan fingerprint density at radius 1 is 1.30 bits per heavy atom. The second kappa shape index (κ2) is 8.05. The summed E-state index contributed by atoms with van der Waals surface area (Å²) in [5.41, 5.74) is 0.396. The third kappa shape index (κ3) is 4.01. The second-order valence-corrected chi connectivity index (χ2v) is 6.40. The number of rotatable bonds is 5. The number of ether oxygens (including phenoxy) is 1. The summed E-state index contributed by atoms with van der Waals surface area (Å²) in [5.74, 6) is -0.713. The van der Waals surface area contributed by atoms with Crippen molar-refractivity contribution in [2.45, 2.75) is 6.92 Å². The number of aliphatic imine (C=N–C) groups is 1. The van der Waals surface area contributed by atoms with Gasteiger partial charge in [-0.2, -0.15) is 0 Å². The minimum Gasteiger partial charge on any atom is -0.506 e. The molecule has 2 N–H and O–H groups in total. The number of phenolic OH excluding ortho intramolecular Hbond substituents is 1. The lowest BCUT2D eigenvalue weighted by Gasteiger charge is -2.01. The van der Waals surface area contributed by atoms with E-state index in [0.29, 0.717) is 10.2 Å². The van der Waals surface area contributed by atoms with Crippen LogP contribution >= 0.6 is 15.9 Å². The highest BCUT2D eigenvalue weighted by atomic mass is 79.9. The van der Waals surface area contributed by atoms with Crippen molar-refractivity contribution in [1.29, 1.82) is 0 Å². The van der Waals surface area contributed by atoms with E-state index in [-0.39, 0.29) is 29.3 Å². The van der Waals surface area contributed by atoms with Crippen LogP contribution in [0, 0.1) is 0 Å². The number of halogens is 1. The van der Waals surface area contributed by atoms with Crippen LogP contribution in [0.5, 0.6) is 5.75 Å². The number of para-hydroxylation sites is 1. The normalized spacial score (nSPS) is 11.0. The quantitative estimate of drug-likeness (QED) is 0.478. The maximum absolute atomic E-state index is 12.8. The number of H-pyrrole nitrogens is 1. The summed E-state index contributed by atoms with van der Waals surface area (Å²) in [7, 11) is 0. The number of hydrogen-bond donors (Lipinski definition) is 2. The van der Waals surface area contributed by atoms with E-state index in [4.69, 9.17) is 4.74 Å². The molecule has 0 aliphatic carbocycles. The number of aromatic amines is 1. The average molecular weight is 430 g/mol. The van der Waals surface area contributed by atoms with Crippen LogP contribution in [0.4, 0.5) is 5.69 Å². The zero-order valence-electron chi connectivity index (χ0n) is 14.3. The van der Waals surface area contributed by atoms with Gasteiger partial charge in [0.15, 0.2) is 5.69 Å². The third-order valence-corrected chi connectivity index (χ3v) is 4.18. The summed E-state index contributed by atoms with van der Waals surface area (Å²) >= 11 is 3.30. The lowest BCUT2D eigenvalue weighted by Crippen LogP contribution is -2.17. The zero-order valence-corrected chi connectivity index (χ0v) is 15.9. The number of nitrogens with zero attached hydrogens (tertiary/aromatic N) is 2. The first-order valence-electron chi connectivity index (χ1n) is 8.11. The number of aromatic hydroxyl groups is 1. The summed E-state index contributed by atoms with van der Waals surface area (Å²) in [6.07, 6.45) is 1.24. The van der Waals surface area contributed by atoms with Crippen molar-refractivity contribution >= 4 is 33.8 Å². The van der Waals surface area contributed by atoms with E-state index in [9.17, 15) is 14.7 Å². The maximum Gasteiger partial charge on any atom is 0.357 e. The predicted molar refractivity (Wildman–Crippen MR) is 105 cm³/mol. The van der Waals surface area contributed by atoms with E-state index in [1.165, 1.54) is 17.0 Å². The predicted octanol–water partition coefficient (Wildman–Crippen LogP) is 3.56. The van der Waals surface area contributed by atoms with Gasteiger partial charge in [-0.3, -0.25) is 14.9 Å². The molecule has 0 spiro atoms. The standard InChI is InChI=1S/C19H16BrN3O4/c1-2-27-19(26)17-14(11-21-15-10-12(20)8-9-16(15)24)18(25)23(22-17)13-6-4-3-5-7-13/h3-11,22,24H,2H2,1H3. The summed E-state index contributed by atoms with van der Waals surface area (Å²) < 4.78 is 6.99. The minimum atomic E-state index is -0.663. The van der Waals surface area contributed by atoms with Gasteiger partial charge in [0.05, 0.1) is 17.9 Å². The second-order valence-electron chi connectivity index (χ2n) is 5.49. The SMILES string of the molecule is CCOC(=O)c1[nH]n(-c2ccccc2)c(=O)c1C=Nc1cc(Br)ccc1O. The molecule has 0 aliphatic heterocycles. The molecule has 1 heterocycles. The van der Waals surface area contributed by atoms with Crippen molar-refractivity contribution in [1.82, 2.24) is 9.78 Å². The first kappa shape index (κ1) is 18.7. The Labute approximate surface area is 163 Å². The van der Waals surface area contributed by atoms with E-state index in [1.54, 1.807) is 43.3 Å². The summed E-state index contributed by atoms with van der Waals surface area (Å²) in [6.45, 7) is 1.85. The molecule has 0 saturated carbocycles. The molecule has 0 saturated heterocycles. The van der Waals surface area contributed by atoms with Crippen molar-refractivity contribution in [2.24, 2.45) is 4.99 Å². The molecule has 7 nitrogen and oxygen atoms in total. The van der Waals surface area contributed by atoms with E-state index < -0.39 is 11.5 Å². The van der Waals surface area contributed by atoms with Crippen LogP contribution in [0.3, 0.4) is 0 Å². The van der Waals surface area contributed by atoms with E-state index >= 15 is 0 Å². The highest BCUT2D eigenvalue weighted by molar-refractivity contribution is 9.10. The molecule has 0 aliphatic rings. The van der Waals surface area contributed by atoms with Gasteiger partial charge in [0, 0.05) is 10.7 Å². The van der Waals surface area contributed by atoms with Gasteiger partial charge < -0.3 is 9.84 Å². The Bertz CT molecular complexity index is 1050. The number of carbonyl (C=O) groups excluding carboxylic acids is 1. The zero-order chi connectivity index (χ0) is 19.4. The van der Waals surface area contributed by atoms with Gasteiger partial charge in [-0.25, -0.2) is 9.48 Å². The topological polar surface area (TPSA) is 96.7 Å². The van der Waals surface area contributed by atoms with E-state index in [1.807, 2.05) is 6.07 Å². The number of benzene rings is 2. The van der Waals surface area contributed by atoms with Crippen LogP contribution in [0.15, 0.2) is 62.8 Å². The molecule has 8 heteroatoms. The molecule has 0 bridgehead atoms. The van der Waals surface area contributed by atoms with Gasteiger partial charge in [0.2, 0.25) is 0 Å². The largest absolute Gasteiger partial charge is 0.506 e. The number of nitrogens with one attached hydrogen (secondary N) is 1. The van der Waals surface area contributed by atoms with Crippen molar-refractivity contribution in [3.63, 3.8) is 0 Å². The molecule has 0 atom stereocenters. The molecule has 0 radical (unpaired) electrons. The highest BCUT2D eigenvalue weighted by Crippen LogP contribution is 2.29. The van der Waals surface area contributed by atoms with Crippen LogP contribution in [-0.2, 0) is 4.74 Å². The summed E-state index contributed by atoms with van der Waals surface area (Å²) in [6, 6.07) is 13.6. The molecule has 0 amide bonds. The van der Waals surface area contributed by atoms with Crippen molar-refractivity contribution in [3.05, 3.63) is 74.6 Å². The number of esters is 1. The van der Waals surface area contributed by atoms with Crippen molar-refractivity contribution < 1.29 is 14.6 Å². The Hall–Kier alpha value is -3.13. The summed E-state index contributed by atoms with van der Waals surface area (Å²) in [4.78, 5) is 29.3. The molecular formula is C19H16BrN3O4. The number of phenols is 1. The smallest absolute Gasteiger partial charge is 0.357 e. The molecule has 2 aromatic carbocycles. The van der Waals surface area contributed by atoms with Crippen molar-refractivity contribution in [3.8, 4) is 11.4 Å². The molecule has 138 valence electrons. The molecule has 3 aromatic rings. The monoisotopic (exact) mass is 429 g/mol. The lowest BCUT2D eigenvalue weighted by molar-refractivity contribution is 0.0519. The Balaban J connectivity index is 2.11. The van der Waals surface area contributed by atoms with Gasteiger partial charge >= 0.3 is 5.97 Å². The lowest BCUT2D eigenvalue weighted by atomic mass is 10.2. The van der Waals surface area contributed by atoms with E-state index in [2.05, 4.69) is 26.0 Å². The first-order valence-corrected chi connectivity index (χ1v) is 8.90. The van der Waals surface area contributed by atoms with Gasteiger partial charge in [-0.15, -0.1) is 0 Å².